The number of carbonyl (C=O) groups is 2. The van der Waals surface area contributed by atoms with Crippen molar-refractivity contribution in [1.82, 2.24) is 0 Å². The predicted molar refractivity (Wildman–Crippen MR) is 130 cm³/mol. The highest BCUT2D eigenvalue weighted by Gasteiger charge is 2.36. The summed E-state index contributed by atoms with van der Waals surface area (Å²) in [6, 6.07) is 15.3. The minimum Gasteiger partial charge on any atom is -0.461 e. The Morgan fingerprint density at radius 1 is 1.09 bits per heavy atom. The number of anilines is 2. The topological polar surface area (TPSA) is 62.2 Å². The van der Waals surface area contributed by atoms with Gasteiger partial charge >= 0.3 is 5.97 Å². The van der Waals surface area contributed by atoms with Crippen molar-refractivity contribution in [2.75, 3.05) is 29.6 Å². The SMILES string of the molecule is CCOC(=O)C1=NN(c2ccccc2)C(=O)/C1=C\c1ccc(N(CC)CC)cc1C(C)C. The van der Waals surface area contributed by atoms with Crippen LogP contribution in [0, 0.1) is 0 Å². The molecule has 1 aliphatic heterocycles. The van der Waals surface area contributed by atoms with E-state index in [1.165, 1.54) is 5.01 Å². The van der Waals surface area contributed by atoms with Gasteiger partial charge in [0.2, 0.25) is 0 Å². The number of hydrogen-bond donors (Lipinski definition) is 0. The van der Waals surface area contributed by atoms with Crippen molar-refractivity contribution in [3.8, 4) is 0 Å². The van der Waals surface area contributed by atoms with E-state index in [-0.39, 0.29) is 29.7 Å². The van der Waals surface area contributed by atoms with Crippen LogP contribution in [0.15, 0.2) is 59.2 Å². The first kappa shape index (κ1) is 23.3. The first-order valence-corrected chi connectivity index (χ1v) is 11.2. The van der Waals surface area contributed by atoms with Crippen LogP contribution in [0.5, 0.6) is 0 Å². The van der Waals surface area contributed by atoms with Gasteiger partial charge in [0.1, 0.15) is 0 Å². The largest absolute Gasteiger partial charge is 0.461 e. The van der Waals surface area contributed by atoms with Crippen LogP contribution in [0.4, 0.5) is 11.4 Å². The van der Waals surface area contributed by atoms with Crippen LogP contribution in [0.2, 0.25) is 0 Å². The summed E-state index contributed by atoms with van der Waals surface area (Å²) in [5.41, 5.74) is 4.02. The summed E-state index contributed by atoms with van der Waals surface area (Å²) in [5.74, 6) is -0.708. The van der Waals surface area contributed by atoms with Gasteiger partial charge in [-0.05, 0) is 68.2 Å². The fourth-order valence-corrected chi connectivity index (χ4v) is 3.77. The van der Waals surface area contributed by atoms with E-state index in [1.54, 1.807) is 25.1 Å². The number of ether oxygens (including phenoxy) is 1. The van der Waals surface area contributed by atoms with Gasteiger partial charge in [-0.3, -0.25) is 4.79 Å². The van der Waals surface area contributed by atoms with E-state index in [0.717, 1.165) is 29.9 Å². The quantitative estimate of drug-likeness (QED) is 0.434. The second-order valence-electron chi connectivity index (χ2n) is 7.82. The van der Waals surface area contributed by atoms with Gasteiger partial charge in [-0.2, -0.15) is 10.1 Å². The molecule has 0 N–H and O–H groups in total. The van der Waals surface area contributed by atoms with Gasteiger partial charge in [0.25, 0.3) is 5.91 Å². The summed E-state index contributed by atoms with van der Waals surface area (Å²) in [5, 5.41) is 5.59. The molecule has 0 aromatic heterocycles. The van der Waals surface area contributed by atoms with Gasteiger partial charge in [0, 0.05) is 18.8 Å². The molecule has 1 aliphatic rings. The maximum atomic E-state index is 13.3. The van der Waals surface area contributed by atoms with Gasteiger partial charge in [0.05, 0.1) is 17.9 Å². The van der Waals surface area contributed by atoms with E-state index in [9.17, 15) is 9.59 Å². The fraction of sp³-hybridized carbons (Fsp3) is 0.346. The van der Waals surface area contributed by atoms with Gasteiger partial charge in [-0.1, -0.05) is 38.1 Å². The normalized spacial score (nSPS) is 14.8. The van der Waals surface area contributed by atoms with Gasteiger partial charge in [-0.15, -0.1) is 0 Å². The monoisotopic (exact) mass is 433 g/mol. The lowest BCUT2D eigenvalue weighted by Crippen LogP contribution is -2.23. The molecular weight excluding hydrogens is 402 g/mol. The molecule has 3 rings (SSSR count). The van der Waals surface area contributed by atoms with Crippen molar-refractivity contribution in [1.29, 1.82) is 0 Å². The molecule has 0 saturated heterocycles. The molecule has 6 heteroatoms. The van der Waals surface area contributed by atoms with Crippen LogP contribution < -0.4 is 9.91 Å². The summed E-state index contributed by atoms with van der Waals surface area (Å²) >= 11 is 0. The molecule has 32 heavy (non-hydrogen) atoms. The summed E-state index contributed by atoms with van der Waals surface area (Å²) in [6.07, 6.45) is 1.77. The third-order valence-corrected chi connectivity index (χ3v) is 5.47. The second kappa shape index (κ2) is 10.3. The van der Waals surface area contributed by atoms with Crippen LogP contribution in [0.25, 0.3) is 6.08 Å². The number of para-hydroxylation sites is 1. The van der Waals surface area contributed by atoms with Crippen LogP contribution in [-0.4, -0.2) is 37.3 Å². The molecule has 0 fully saturated rings. The van der Waals surface area contributed by atoms with E-state index in [1.807, 2.05) is 24.3 Å². The molecule has 168 valence electrons. The zero-order valence-corrected chi connectivity index (χ0v) is 19.5. The summed E-state index contributed by atoms with van der Waals surface area (Å²) in [6.45, 7) is 12.3. The Kier molecular flexibility index (Phi) is 7.46. The summed E-state index contributed by atoms with van der Waals surface area (Å²) in [4.78, 5) is 28.2. The van der Waals surface area contributed by atoms with Gasteiger partial charge in [0.15, 0.2) is 5.71 Å². The third kappa shape index (κ3) is 4.74. The molecule has 6 nitrogen and oxygen atoms in total. The molecule has 0 unspecified atom stereocenters. The molecule has 0 radical (unpaired) electrons. The van der Waals surface area contributed by atoms with Crippen molar-refractivity contribution in [3.05, 3.63) is 65.2 Å². The molecule has 0 atom stereocenters. The second-order valence-corrected chi connectivity index (χ2v) is 7.82. The smallest absolute Gasteiger partial charge is 0.359 e. The number of esters is 1. The lowest BCUT2D eigenvalue weighted by Gasteiger charge is -2.23. The van der Waals surface area contributed by atoms with Crippen LogP contribution in [0.1, 0.15) is 51.7 Å². The first-order valence-electron chi connectivity index (χ1n) is 11.2. The molecule has 1 heterocycles. The van der Waals surface area contributed by atoms with Crippen molar-refractivity contribution in [2.45, 2.75) is 40.5 Å². The zero-order valence-electron chi connectivity index (χ0n) is 19.5. The first-order chi connectivity index (χ1) is 15.4. The third-order valence-electron chi connectivity index (χ3n) is 5.47. The van der Waals surface area contributed by atoms with Gasteiger partial charge < -0.3 is 9.64 Å². The minimum absolute atomic E-state index is 0.0308. The van der Waals surface area contributed by atoms with E-state index in [0.29, 0.717) is 5.69 Å². The van der Waals surface area contributed by atoms with E-state index >= 15 is 0 Å². The standard InChI is InChI=1S/C26H31N3O3/c1-6-28(7-2)21-15-14-19(22(17-21)18(4)5)16-23-24(26(31)32-8-3)27-29(25(23)30)20-12-10-9-11-13-20/h9-18H,6-8H2,1-5H3/b23-16-. The summed E-state index contributed by atoms with van der Waals surface area (Å²) < 4.78 is 5.19. The highest BCUT2D eigenvalue weighted by atomic mass is 16.5. The molecule has 0 bridgehead atoms. The number of amides is 1. The zero-order chi connectivity index (χ0) is 23.3. The number of hydrazone groups is 1. The number of nitrogens with zero attached hydrogens (tertiary/aromatic N) is 3. The Morgan fingerprint density at radius 3 is 2.38 bits per heavy atom. The Hall–Kier alpha value is -3.41. The highest BCUT2D eigenvalue weighted by molar-refractivity contribution is 6.54. The van der Waals surface area contributed by atoms with Crippen molar-refractivity contribution >= 4 is 35.0 Å². The van der Waals surface area contributed by atoms with Crippen molar-refractivity contribution in [3.63, 3.8) is 0 Å². The Labute approximate surface area is 190 Å². The minimum atomic E-state index is -0.601. The van der Waals surface area contributed by atoms with Crippen LogP contribution in [-0.2, 0) is 14.3 Å². The molecular formula is C26H31N3O3. The Bertz CT molecular complexity index is 1040. The van der Waals surface area contributed by atoms with E-state index in [4.69, 9.17) is 4.74 Å². The maximum absolute atomic E-state index is 13.3. The number of carbonyl (C=O) groups excluding carboxylic acids is 2. The Balaban J connectivity index is 2.09. The lowest BCUT2D eigenvalue weighted by molar-refractivity contribution is -0.135. The summed E-state index contributed by atoms with van der Waals surface area (Å²) in [7, 11) is 0. The average molecular weight is 434 g/mol. The van der Waals surface area contributed by atoms with Crippen molar-refractivity contribution in [2.24, 2.45) is 5.10 Å². The Morgan fingerprint density at radius 2 is 1.78 bits per heavy atom. The molecule has 0 aliphatic carbocycles. The number of benzene rings is 2. The van der Waals surface area contributed by atoms with Crippen molar-refractivity contribution < 1.29 is 14.3 Å². The number of hydrogen-bond acceptors (Lipinski definition) is 5. The highest BCUT2D eigenvalue weighted by Crippen LogP contribution is 2.30. The van der Waals surface area contributed by atoms with Gasteiger partial charge in [-0.25, -0.2) is 4.79 Å². The maximum Gasteiger partial charge on any atom is 0.359 e. The predicted octanol–water partition coefficient (Wildman–Crippen LogP) is 5.01. The molecule has 0 spiro atoms. The molecule has 2 aromatic carbocycles. The molecule has 1 amide bonds. The lowest BCUT2D eigenvalue weighted by atomic mass is 9.94. The fourth-order valence-electron chi connectivity index (χ4n) is 3.77. The molecule has 2 aromatic rings. The van der Waals surface area contributed by atoms with Crippen LogP contribution in [0.3, 0.4) is 0 Å². The molecule has 0 saturated carbocycles. The number of rotatable bonds is 8. The van der Waals surface area contributed by atoms with E-state index < -0.39 is 5.97 Å². The average Bonchev–Trinajstić information content (AvgIpc) is 3.12. The van der Waals surface area contributed by atoms with Crippen LogP contribution >= 0.6 is 0 Å². The van der Waals surface area contributed by atoms with E-state index in [2.05, 4.69) is 49.8 Å².